The van der Waals surface area contributed by atoms with Crippen LogP contribution >= 0.6 is 34.7 Å². The summed E-state index contributed by atoms with van der Waals surface area (Å²) in [6, 6.07) is 4.16. The second-order valence-electron chi connectivity index (χ2n) is 7.08. The molecule has 3 rings (SSSR count). The Bertz CT molecular complexity index is 919. The molecule has 2 heterocycles. The summed E-state index contributed by atoms with van der Waals surface area (Å²) in [5, 5.41) is 14.9. The van der Waals surface area contributed by atoms with Gasteiger partial charge in [-0.3, -0.25) is 4.79 Å². The number of aryl methyl sites for hydroxylation is 1. The van der Waals surface area contributed by atoms with Crippen LogP contribution in [0.25, 0.3) is 0 Å². The largest absolute Gasteiger partial charge is 0.476 e. The van der Waals surface area contributed by atoms with E-state index in [0.29, 0.717) is 29.6 Å². The van der Waals surface area contributed by atoms with Gasteiger partial charge in [-0.2, -0.15) is 0 Å². The van der Waals surface area contributed by atoms with Gasteiger partial charge in [0.05, 0.1) is 0 Å². The van der Waals surface area contributed by atoms with E-state index in [2.05, 4.69) is 30.2 Å². The molecule has 0 spiro atoms. The van der Waals surface area contributed by atoms with Crippen LogP contribution in [0.3, 0.4) is 0 Å². The maximum Gasteiger partial charge on any atom is 0.355 e. The quantitative estimate of drug-likeness (QED) is 0.488. The molecule has 1 fully saturated rings. The van der Waals surface area contributed by atoms with E-state index in [1.165, 1.54) is 28.7 Å². The van der Waals surface area contributed by atoms with Gasteiger partial charge in [0.1, 0.15) is 0 Å². The van der Waals surface area contributed by atoms with Crippen LogP contribution in [0.4, 0.5) is 5.69 Å². The van der Waals surface area contributed by atoms with E-state index < -0.39 is 5.97 Å². The van der Waals surface area contributed by atoms with Crippen LogP contribution in [-0.2, 0) is 17.6 Å². The average molecular weight is 468 g/mol. The first kappa shape index (κ1) is 22.9. The van der Waals surface area contributed by atoms with Crippen molar-refractivity contribution in [2.75, 3.05) is 24.2 Å². The number of thioether (sulfide) groups is 1. The molecule has 1 aliphatic heterocycles. The van der Waals surface area contributed by atoms with Crippen LogP contribution in [0.5, 0.6) is 0 Å². The Morgan fingerprint density at radius 2 is 2.20 bits per heavy atom. The average Bonchev–Trinajstić information content (AvgIpc) is 3.34. The Kier molecular flexibility index (Phi) is 8.02. The van der Waals surface area contributed by atoms with Crippen molar-refractivity contribution in [1.29, 1.82) is 0 Å². The second-order valence-corrected chi connectivity index (χ2v) is 9.69. The molecule has 1 amide bonds. The van der Waals surface area contributed by atoms with E-state index in [4.69, 9.17) is 16.7 Å². The topological polar surface area (TPSA) is 82.5 Å². The van der Waals surface area contributed by atoms with Crippen LogP contribution in [0.15, 0.2) is 21.9 Å². The van der Waals surface area contributed by atoms with Crippen LogP contribution < -0.4 is 5.32 Å². The molecule has 162 valence electrons. The molecular formula is C21H26ClN3O3S2. The molecule has 6 nitrogen and oxygen atoms in total. The summed E-state index contributed by atoms with van der Waals surface area (Å²) in [6.45, 7) is 5.54. The molecule has 30 heavy (non-hydrogen) atoms. The van der Waals surface area contributed by atoms with E-state index in [9.17, 15) is 9.59 Å². The Hall–Kier alpha value is -1.77. The molecular weight excluding hydrogens is 442 g/mol. The number of carboxylic acids is 1. The van der Waals surface area contributed by atoms with Crippen molar-refractivity contribution in [2.45, 2.75) is 49.9 Å². The van der Waals surface area contributed by atoms with E-state index in [0.717, 1.165) is 35.5 Å². The molecule has 1 aromatic heterocycles. The number of amides is 1. The normalized spacial score (nSPS) is 16.3. The molecule has 0 unspecified atom stereocenters. The number of hydrogen-bond acceptors (Lipinski definition) is 6. The fourth-order valence-corrected chi connectivity index (χ4v) is 5.82. The molecule has 0 radical (unpaired) electrons. The highest BCUT2D eigenvalue weighted by atomic mass is 35.5. The summed E-state index contributed by atoms with van der Waals surface area (Å²) in [4.78, 5) is 29.4. The lowest BCUT2D eigenvalue weighted by Crippen LogP contribution is -2.39. The minimum Gasteiger partial charge on any atom is -0.476 e. The maximum absolute atomic E-state index is 12.4. The highest BCUT2D eigenvalue weighted by Gasteiger charge is 2.30. The second kappa shape index (κ2) is 10.5. The molecule has 2 aromatic rings. The van der Waals surface area contributed by atoms with E-state index >= 15 is 0 Å². The number of benzene rings is 1. The number of thiazole rings is 1. The minimum atomic E-state index is -1.02. The minimum absolute atomic E-state index is 0.0711. The standard InChI is InChI=1S/C21H26ClN3O3S2/c1-3-13-5-7-16(22)15(4-2)19(13)23-11-14-6-8-18(26)25(14)9-10-29-21-24-17(12-30-21)20(27)28/h5,7,12,14,23H,3-4,6,8-11H2,1-2H3,(H,27,28)/t14-/m1/s1. The summed E-state index contributed by atoms with van der Waals surface area (Å²) < 4.78 is 0.716. The highest BCUT2D eigenvalue weighted by molar-refractivity contribution is 8.01. The van der Waals surface area contributed by atoms with Gasteiger partial charge in [0, 0.05) is 47.4 Å². The molecule has 0 aliphatic carbocycles. The van der Waals surface area contributed by atoms with Gasteiger partial charge in [0.25, 0.3) is 0 Å². The molecule has 1 saturated heterocycles. The number of anilines is 1. The van der Waals surface area contributed by atoms with Gasteiger partial charge in [-0.05, 0) is 36.5 Å². The predicted molar refractivity (Wildman–Crippen MR) is 123 cm³/mol. The number of halogens is 1. The molecule has 1 aromatic carbocycles. The number of carbonyl (C=O) groups excluding carboxylic acids is 1. The lowest BCUT2D eigenvalue weighted by molar-refractivity contribution is -0.128. The number of hydrogen-bond donors (Lipinski definition) is 2. The van der Waals surface area contributed by atoms with Crippen molar-refractivity contribution in [2.24, 2.45) is 0 Å². The zero-order valence-electron chi connectivity index (χ0n) is 17.1. The Balaban J connectivity index is 1.60. The zero-order chi connectivity index (χ0) is 21.7. The molecule has 2 N–H and O–H groups in total. The van der Waals surface area contributed by atoms with Gasteiger partial charge < -0.3 is 15.3 Å². The first-order valence-electron chi connectivity index (χ1n) is 10.1. The molecule has 1 aliphatic rings. The van der Waals surface area contributed by atoms with Gasteiger partial charge in [-0.15, -0.1) is 11.3 Å². The van der Waals surface area contributed by atoms with Gasteiger partial charge in [-0.1, -0.05) is 43.3 Å². The lowest BCUT2D eigenvalue weighted by Gasteiger charge is -2.26. The lowest BCUT2D eigenvalue weighted by atomic mass is 10.0. The number of aromatic carboxylic acids is 1. The van der Waals surface area contributed by atoms with Gasteiger partial charge in [0.15, 0.2) is 10.0 Å². The number of carbonyl (C=O) groups is 2. The number of nitrogens with one attached hydrogen (secondary N) is 1. The van der Waals surface area contributed by atoms with Crippen molar-refractivity contribution in [3.05, 3.63) is 39.4 Å². The highest BCUT2D eigenvalue weighted by Crippen LogP contribution is 2.31. The van der Waals surface area contributed by atoms with Gasteiger partial charge in [0.2, 0.25) is 5.91 Å². The maximum atomic E-state index is 12.4. The first-order chi connectivity index (χ1) is 14.4. The summed E-state index contributed by atoms with van der Waals surface area (Å²) in [6.07, 6.45) is 3.17. The third-order valence-corrected chi connectivity index (χ3v) is 7.66. The summed E-state index contributed by atoms with van der Waals surface area (Å²) in [5.41, 5.74) is 3.54. The van der Waals surface area contributed by atoms with Crippen molar-refractivity contribution >= 4 is 52.3 Å². The molecule has 9 heteroatoms. The van der Waals surface area contributed by atoms with Crippen molar-refractivity contribution < 1.29 is 14.7 Å². The zero-order valence-corrected chi connectivity index (χ0v) is 19.5. The molecule has 1 atom stereocenters. The van der Waals surface area contributed by atoms with E-state index in [1.54, 1.807) is 5.38 Å². The fourth-order valence-electron chi connectivity index (χ4n) is 3.72. The van der Waals surface area contributed by atoms with Crippen LogP contribution in [0, 0.1) is 0 Å². The van der Waals surface area contributed by atoms with Crippen molar-refractivity contribution in [3.8, 4) is 0 Å². The van der Waals surface area contributed by atoms with Gasteiger partial charge in [-0.25, -0.2) is 9.78 Å². The summed E-state index contributed by atoms with van der Waals surface area (Å²) in [5.74, 6) is -0.157. The van der Waals surface area contributed by atoms with E-state index in [-0.39, 0.29) is 17.6 Å². The number of rotatable bonds is 10. The van der Waals surface area contributed by atoms with Gasteiger partial charge >= 0.3 is 5.97 Å². The van der Waals surface area contributed by atoms with Crippen molar-refractivity contribution in [3.63, 3.8) is 0 Å². The number of carboxylic acid groups (broad SMARTS) is 1. The van der Waals surface area contributed by atoms with E-state index in [1.807, 2.05) is 11.0 Å². The Labute approximate surface area is 190 Å². The third-order valence-electron chi connectivity index (χ3n) is 5.30. The SMILES string of the molecule is CCc1ccc(Cl)c(CC)c1NC[C@H]1CCC(=O)N1CCSc1nc(C(=O)O)cs1. The van der Waals surface area contributed by atoms with Crippen LogP contribution in [-0.4, -0.2) is 51.8 Å². The molecule has 0 saturated carbocycles. The monoisotopic (exact) mass is 467 g/mol. The first-order valence-corrected chi connectivity index (χ1v) is 12.3. The third kappa shape index (κ3) is 5.28. The number of aromatic nitrogens is 1. The van der Waals surface area contributed by atoms with Crippen molar-refractivity contribution in [1.82, 2.24) is 9.88 Å². The number of nitrogens with zero attached hydrogens (tertiary/aromatic N) is 2. The fraction of sp³-hybridized carbons (Fsp3) is 0.476. The van der Waals surface area contributed by atoms with Crippen LogP contribution in [0.2, 0.25) is 5.02 Å². The Morgan fingerprint density at radius 1 is 1.40 bits per heavy atom. The predicted octanol–water partition coefficient (Wildman–Crippen LogP) is 4.81. The smallest absolute Gasteiger partial charge is 0.355 e. The number of likely N-dealkylation sites (tertiary alicyclic amines) is 1. The summed E-state index contributed by atoms with van der Waals surface area (Å²) >= 11 is 9.22. The van der Waals surface area contributed by atoms with Crippen LogP contribution in [0.1, 0.15) is 48.3 Å². The Morgan fingerprint density at radius 3 is 2.87 bits per heavy atom. The molecule has 0 bridgehead atoms. The summed E-state index contributed by atoms with van der Waals surface area (Å²) in [7, 11) is 0.